The van der Waals surface area contributed by atoms with Gasteiger partial charge in [0.25, 0.3) is 0 Å². The van der Waals surface area contributed by atoms with Crippen molar-refractivity contribution in [3.8, 4) is 0 Å². The summed E-state index contributed by atoms with van der Waals surface area (Å²) in [5, 5.41) is 12.1. The van der Waals surface area contributed by atoms with Gasteiger partial charge in [-0.15, -0.1) is 0 Å². The van der Waals surface area contributed by atoms with Gasteiger partial charge in [0.05, 0.1) is 6.04 Å². The fourth-order valence-corrected chi connectivity index (χ4v) is 1.84. The highest BCUT2D eigenvalue weighted by molar-refractivity contribution is 5.60. The van der Waals surface area contributed by atoms with Crippen LogP contribution in [0.2, 0.25) is 0 Å². The number of fused-ring (bicyclic) bond motifs is 1. The van der Waals surface area contributed by atoms with E-state index in [1.807, 2.05) is 0 Å². The Labute approximate surface area is 76.0 Å². The van der Waals surface area contributed by atoms with Crippen LogP contribution in [0.25, 0.3) is 0 Å². The van der Waals surface area contributed by atoms with E-state index < -0.39 is 24.2 Å². The van der Waals surface area contributed by atoms with E-state index in [1.165, 1.54) is 0 Å². The van der Waals surface area contributed by atoms with Crippen LogP contribution in [0.1, 0.15) is 13.8 Å². The molecule has 5 nitrogen and oxygen atoms in total. The summed E-state index contributed by atoms with van der Waals surface area (Å²) in [5.74, 6) is -0.709. The fourth-order valence-electron chi connectivity index (χ4n) is 1.84. The molecule has 2 saturated heterocycles. The molecule has 0 radical (unpaired) electrons. The van der Waals surface area contributed by atoms with Crippen molar-refractivity contribution in [3.05, 3.63) is 0 Å². The summed E-state index contributed by atoms with van der Waals surface area (Å²) in [6, 6.07) is -0.471. The Morgan fingerprint density at radius 2 is 2.00 bits per heavy atom. The normalized spacial score (nSPS) is 47.6. The molecule has 2 aliphatic rings. The quantitative estimate of drug-likeness (QED) is 0.515. The highest BCUT2D eigenvalue weighted by Gasteiger charge is 2.53. The first kappa shape index (κ1) is 9.08. The number of aliphatic hydroxyl groups is 1. The number of aliphatic hydroxyl groups excluding tert-OH is 1. The lowest BCUT2D eigenvalue weighted by Crippen LogP contribution is -2.39. The van der Waals surface area contributed by atoms with Crippen molar-refractivity contribution in [2.45, 2.75) is 44.1 Å². The number of hydrogen-bond donors (Lipinski definition) is 2. The van der Waals surface area contributed by atoms with E-state index in [9.17, 15) is 9.90 Å². The minimum atomic E-state index is -0.818. The van der Waals surface area contributed by atoms with Crippen LogP contribution < -0.4 is 5.32 Å². The van der Waals surface area contributed by atoms with Crippen LogP contribution in [0.5, 0.6) is 0 Å². The Hall–Kier alpha value is -0.490. The summed E-state index contributed by atoms with van der Waals surface area (Å²) in [5.41, 5.74) is 0. The molecule has 4 atom stereocenters. The Kier molecular flexibility index (Phi) is 1.92. The Morgan fingerprint density at radius 3 is 2.62 bits per heavy atom. The molecular weight excluding hydrogens is 174 g/mol. The average molecular weight is 187 g/mol. The second-order valence-electron chi connectivity index (χ2n) is 3.84. The SMILES string of the molecule is CC1(C)OC2[C@@H](O1)C(O)N[C@@H]2C=O. The van der Waals surface area contributed by atoms with Gasteiger partial charge < -0.3 is 19.4 Å². The first-order valence-corrected chi connectivity index (χ1v) is 4.28. The van der Waals surface area contributed by atoms with Crippen LogP contribution in [0.4, 0.5) is 0 Å². The second kappa shape index (κ2) is 2.75. The van der Waals surface area contributed by atoms with Gasteiger partial charge in [0.15, 0.2) is 5.79 Å². The minimum Gasteiger partial charge on any atom is -0.376 e. The monoisotopic (exact) mass is 187 g/mol. The maximum Gasteiger partial charge on any atom is 0.164 e. The fraction of sp³-hybridized carbons (Fsp3) is 0.875. The first-order valence-electron chi connectivity index (χ1n) is 4.28. The van der Waals surface area contributed by atoms with Gasteiger partial charge in [-0.3, -0.25) is 5.32 Å². The molecule has 0 spiro atoms. The van der Waals surface area contributed by atoms with Crippen LogP contribution in [0.3, 0.4) is 0 Å². The molecule has 13 heavy (non-hydrogen) atoms. The summed E-state index contributed by atoms with van der Waals surface area (Å²) in [4.78, 5) is 10.6. The lowest BCUT2D eigenvalue weighted by molar-refractivity contribution is -0.166. The maximum absolute atomic E-state index is 10.6. The van der Waals surface area contributed by atoms with E-state index in [1.54, 1.807) is 13.8 Å². The summed E-state index contributed by atoms with van der Waals surface area (Å²) >= 11 is 0. The zero-order chi connectivity index (χ0) is 9.64. The van der Waals surface area contributed by atoms with Crippen molar-refractivity contribution in [3.63, 3.8) is 0 Å². The summed E-state index contributed by atoms with van der Waals surface area (Å²) in [7, 11) is 0. The van der Waals surface area contributed by atoms with Gasteiger partial charge in [0.1, 0.15) is 24.7 Å². The zero-order valence-electron chi connectivity index (χ0n) is 7.56. The van der Waals surface area contributed by atoms with Gasteiger partial charge in [0.2, 0.25) is 0 Å². The molecule has 2 aliphatic heterocycles. The zero-order valence-corrected chi connectivity index (χ0v) is 7.56. The van der Waals surface area contributed by atoms with Crippen LogP contribution in [0, 0.1) is 0 Å². The third-order valence-corrected chi connectivity index (χ3v) is 2.34. The highest BCUT2D eigenvalue weighted by atomic mass is 16.8. The third-order valence-electron chi connectivity index (χ3n) is 2.34. The van der Waals surface area contributed by atoms with Crippen molar-refractivity contribution in [2.24, 2.45) is 0 Å². The van der Waals surface area contributed by atoms with E-state index in [0.717, 1.165) is 6.29 Å². The molecule has 0 amide bonds. The van der Waals surface area contributed by atoms with Crippen LogP contribution in [-0.4, -0.2) is 41.7 Å². The topological polar surface area (TPSA) is 67.8 Å². The van der Waals surface area contributed by atoms with E-state index >= 15 is 0 Å². The average Bonchev–Trinajstić information content (AvgIpc) is 2.47. The molecule has 2 N–H and O–H groups in total. The molecule has 0 bridgehead atoms. The first-order chi connectivity index (χ1) is 6.03. The Morgan fingerprint density at radius 1 is 1.38 bits per heavy atom. The molecular formula is C8H13NO4. The molecule has 2 fully saturated rings. The van der Waals surface area contributed by atoms with E-state index in [4.69, 9.17) is 9.47 Å². The minimum absolute atomic E-state index is 0.373. The molecule has 2 unspecified atom stereocenters. The number of carbonyl (C=O) groups is 1. The number of nitrogens with one attached hydrogen (secondary N) is 1. The van der Waals surface area contributed by atoms with E-state index in [0.29, 0.717) is 0 Å². The van der Waals surface area contributed by atoms with E-state index in [-0.39, 0.29) is 6.10 Å². The molecule has 2 rings (SSSR count). The largest absolute Gasteiger partial charge is 0.376 e. The Bertz CT molecular complexity index is 230. The number of aldehydes is 1. The number of carbonyl (C=O) groups excluding carboxylic acids is 1. The number of rotatable bonds is 1. The summed E-state index contributed by atoms with van der Waals surface area (Å²) in [6.45, 7) is 3.53. The maximum atomic E-state index is 10.6. The predicted octanol–water partition coefficient (Wildman–Crippen LogP) is -1.00. The van der Waals surface area contributed by atoms with Gasteiger partial charge >= 0.3 is 0 Å². The molecule has 0 saturated carbocycles. The van der Waals surface area contributed by atoms with Gasteiger partial charge in [-0.05, 0) is 13.8 Å². The third kappa shape index (κ3) is 1.38. The molecule has 2 heterocycles. The van der Waals surface area contributed by atoms with Crippen LogP contribution >= 0.6 is 0 Å². The second-order valence-corrected chi connectivity index (χ2v) is 3.84. The van der Waals surface area contributed by atoms with Crippen molar-refractivity contribution < 1.29 is 19.4 Å². The van der Waals surface area contributed by atoms with Gasteiger partial charge in [-0.25, -0.2) is 0 Å². The molecule has 0 aromatic carbocycles. The lowest BCUT2D eigenvalue weighted by atomic mass is 10.1. The van der Waals surface area contributed by atoms with Gasteiger partial charge in [0, 0.05) is 0 Å². The lowest BCUT2D eigenvalue weighted by Gasteiger charge is -2.20. The van der Waals surface area contributed by atoms with Crippen LogP contribution in [-0.2, 0) is 14.3 Å². The Balaban J connectivity index is 2.17. The molecule has 0 aliphatic carbocycles. The summed E-state index contributed by atoms with van der Waals surface area (Å²) < 4.78 is 10.9. The standard InChI is InChI=1S/C8H13NO4/c1-8(2)12-5-4(3-10)9-7(11)6(5)13-8/h3-7,9,11H,1-2H3/t4-,5?,6-,7?/m1/s1. The predicted molar refractivity (Wildman–Crippen MR) is 42.8 cm³/mol. The smallest absolute Gasteiger partial charge is 0.164 e. The van der Waals surface area contributed by atoms with Gasteiger partial charge in [-0.2, -0.15) is 0 Å². The number of hydrogen-bond acceptors (Lipinski definition) is 5. The molecule has 5 heteroatoms. The van der Waals surface area contributed by atoms with Crippen LogP contribution in [0.15, 0.2) is 0 Å². The summed E-state index contributed by atoms with van der Waals surface area (Å²) in [6.07, 6.45) is -0.895. The highest BCUT2D eigenvalue weighted by Crippen LogP contribution is 2.34. The number of ether oxygens (including phenoxy) is 2. The van der Waals surface area contributed by atoms with Crippen molar-refractivity contribution in [1.82, 2.24) is 5.32 Å². The molecule has 0 aromatic rings. The molecule has 0 aromatic heterocycles. The van der Waals surface area contributed by atoms with Crippen molar-refractivity contribution in [1.29, 1.82) is 0 Å². The van der Waals surface area contributed by atoms with Crippen molar-refractivity contribution in [2.75, 3.05) is 0 Å². The van der Waals surface area contributed by atoms with E-state index in [2.05, 4.69) is 5.32 Å². The van der Waals surface area contributed by atoms with Crippen molar-refractivity contribution >= 4 is 6.29 Å². The van der Waals surface area contributed by atoms with Gasteiger partial charge in [-0.1, -0.05) is 0 Å². The molecule has 74 valence electrons.